The van der Waals surface area contributed by atoms with E-state index in [1.54, 1.807) is 27.0 Å². The number of hydrogen-bond donors (Lipinski definition) is 1. The zero-order valence-electron chi connectivity index (χ0n) is 11.8. The number of hydrogen-bond acceptors (Lipinski definition) is 5. The Labute approximate surface area is 130 Å². The van der Waals surface area contributed by atoms with E-state index < -0.39 is 11.9 Å². The van der Waals surface area contributed by atoms with Crippen LogP contribution in [0.5, 0.6) is 5.75 Å². The van der Waals surface area contributed by atoms with Crippen molar-refractivity contribution >= 4 is 21.9 Å². The van der Waals surface area contributed by atoms with Crippen molar-refractivity contribution in [3.8, 4) is 17.1 Å². The maximum Gasteiger partial charge on any atom is 0.307 e. The maximum atomic E-state index is 11.0. The highest BCUT2D eigenvalue weighted by molar-refractivity contribution is 9.10. The van der Waals surface area contributed by atoms with E-state index >= 15 is 0 Å². The molecule has 0 saturated carbocycles. The second-order valence-corrected chi connectivity index (χ2v) is 5.58. The van der Waals surface area contributed by atoms with Gasteiger partial charge >= 0.3 is 5.97 Å². The Morgan fingerprint density at radius 2 is 2.14 bits per heavy atom. The largest absolute Gasteiger partial charge is 0.496 e. The summed E-state index contributed by atoms with van der Waals surface area (Å²) in [5, 5.41) is 12.9. The molecule has 0 spiro atoms. The summed E-state index contributed by atoms with van der Waals surface area (Å²) in [6.45, 7) is 3.36. The van der Waals surface area contributed by atoms with Crippen molar-refractivity contribution in [1.82, 2.24) is 10.1 Å². The van der Waals surface area contributed by atoms with Gasteiger partial charge in [-0.25, -0.2) is 0 Å². The predicted octanol–water partition coefficient (Wildman–Crippen LogP) is 3.33. The van der Waals surface area contributed by atoms with Gasteiger partial charge in [-0.15, -0.1) is 0 Å². The standard InChI is InChI=1S/C14H15BrN2O4/c1-7(8(2)14(18)19)13-16-12(17-21-13)9-4-5-11(20-3)10(15)6-9/h4-8H,1-3H3,(H,18,19). The minimum Gasteiger partial charge on any atom is -0.496 e. The summed E-state index contributed by atoms with van der Waals surface area (Å²) >= 11 is 3.39. The van der Waals surface area contributed by atoms with Crippen LogP contribution in [0.25, 0.3) is 11.4 Å². The lowest BCUT2D eigenvalue weighted by Gasteiger charge is -2.10. The average molecular weight is 355 g/mol. The van der Waals surface area contributed by atoms with Crippen LogP contribution in [-0.4, -0.2) is 28.3 Å². The first kappa shape index (κ1) is 15.5. The smallest absolute Gasteiger partial charge is 0.307 e. The maximum absolute atomic E-state index is 11.0. The van der Waals surface area contributed by atoms with Crippen LogP contribution in [0.1, 0.15) is 25.7 Å². The summed E-state index contributed by atoms with van der Waals surface area (Å²) in [6.07, 6.45) is 0. The number of ether oxygens (including phenoxy) is 1. The molecule has 0 fully saturated rings. The molecule has 7 heteroatoms. The third-order valence-corrected chi connectivity index (χ3v) is 4.00. The number of aliphatic carboxylic acids is 1. The molecule has 1 N–H and O–H groups in total. The van der Waals surface area contributed by atoms with E-state index in [2.05, 4.69) is 26.1 Å². The van der Waals surface area contributed by atoms with Crippen molar-refractivity contribution in [2.45, 2.75) is 19.8 Å². The molecule has 2 aromatic rings. The van der Waals surface area contributed by atoms with Crippen molar-refractivity contribution in [2.75, 3.05) is 7.11 Å². The van der Waals surface area contributed by atoms with E-state index in [4.69, 9.17) is 14.4 Å². The normalized spacial score (nSPS) is 13.7. The van der Waals surface area contributed by atoms with E-state index in [1.165, 1.54) is 0 Å². The van der Waals surface area contributed by atoms with Gasteiger partial charge in [-0.05, 0) is 34.1 Å². The Balaban J connectivity index is 2.27. The number of benzene rings is 1. The molecule has 2 rings (SSSR count). The van der Waals surface area contributed by atoms with Crippen LogP contribution < -0.4 is 4.74 Å². The van der Waals surface area contributed by atoms with Gasteiger partial charge in [0, 0.05) is 11.5 Å². The van der Waals surface area contributed by atoms with Crippen LogP contribution in [0.15, 0.2) is 27.2 Å². The summed E-state index contributed by atoms with van der Waals surface area (Å²) in [4.78, 5) is 15.3. The summed E-state index contributed by atoms with van der Waals surface area (Å²) in [5.74, 6) is -0.416. The number of rotatable bonds is 5. The van der Waals surface area contributed by atoms with Crippen LogP contribution >= 0.6 is 15.9 Å². The Hall–Kier alpha value is -1.89. The highest BCUT2D eigenvalue weighted by atomic mass is 79.9. The minimum atomic E-state index is -0.894. The molecule has 0 amide bonds. The Bertz CT molecular complexity index is 656. The van der Waals surface area contributed by atoms with Gasteiger partial charge in [0.15, 0.2) is 0 Å². The van der Waals surface area contributed by atoms with Crippen LogP contribution in [0.4, 0.5) is 0 Å². The van der Waals surface area contributed by atoms with Crippen LogP contribution in [0, 0.1) is 5.92 Å². The Morgan fingerprint density at radius 1 is 1.43 bits per heavy atom. The zero-order chi connectivity index (χ0) is 15.6. The second-order valence-electron chi connectivity index (χ2n) is 4.72. The van der Waals surface area contributed by atoms with Crippen LogP contribution in [0.2, 0.25) is 0 Å². The summed E-state index contributed by atoms with van der Waals surface area (Å²) < 4.78 is 11.1. The molecular formula is C14H15BrN2O4. The average Bonchev–Trinajstić information content (AvgIpc) is 2.95. The fourth-order valence-electron chi connectivity index (χ4n) is 1.77. The van der Waals surface area contributed by atoms with Gasteiger partial charge in [-0.1, -0.05) is 19.0 Å². The molecule has 112 valence electrons. The molecule has 2 atom stereocenters. The molecule has 2 unspecified atom stereocenters. The van der Waals surface area contributed by atoms with E-state index in [9.17, 15) is 4.79 Å². The van der Waals surface area contributed by atoms with Crippen molar-refractivity contribution < 1.29 is 19.2 Å². The number of aromatic nitrogens is 2. The fraction of sp³-hybridized carbons (Fsp3) is 0.357. The van der Waals surface area contributed by atoms with Gasteiger partial charge in [0.2, 0.25) is 11.7 Å². The first-order chi connectivity index (χ1) is 9.93. The molecule has 0 aliphatic carbocycles. The SMILES string of the molecule is COc1ccc(-c2noc(C(C)C(C)C(=O)O)n2)cc1Br. The van der Waals surface area contributed by atoms with Crippen LogP contribution in [0.3, 0.4) is 0 Å². The monoisotopic (exact) mass is 354 g/mol. The van der Waals surface area contributed by atoms with Crippen LogP contribution in [-0.2, 0) is 4.79 Å². The highest BCUT2D eigenvalue weighted by Crippen LogP contribution is 2.30. The van der Waals surface area contributed by atoms with E-state index in [0.717, 1.165) is 10.0 Å². The fourth-order valence-corrected chi connectivity index (χ4v) is 2.31. The van der Waals surface area contributed by atoms with Gasteiger partial charge in [0.25, 0.3) is 0 Å². The first-order valence-electron chi connectivity index (χ1n) is 6.34. The molecule has 0 aliphatic rings. The number of carboxylic acid groups (broad SMARTS) is 1. The van der Waals surface area contributed by atoms with E-state index in [-0.39, 0.29) is 5.92 Å². The van der Waals surface area contributed by atoms with E-state index in [0.29, 0.717) is 17.5 Å². The topological polar surface area (TPSA) is 85.5 Å². The summed E-state index contributed by atoms with van der Waals surface area (Å²) in [5.41, 5.74) is 0.757. The molecular weight excluding hydrogens is 340 g/mol. The summed E-state index contributed by atoms with van der Waals surface area (Å²) in [6, 6.07) is 5.42. The number of methoxy groups -OCH3 is 1. The Kier molecular flexibility index (Phi) is 4.62. The number of halogens is 1. The van der Waals surface area contributed by atoms with Gasteiger partial charge in [-0.3, -0.25) is 4.79 Å². The van der Waals surface area contributed by atoms with Gasteiger partial charge in [0.05, 0.1) is 17.5 Å². The lowest BCUT2D eigenvalue weighted by molar-refractivity contribution is -0.141. The zero-order valence-corrected chi connectivity index (χ0v) is 13.4. The van der Waals surface area contributed by atoms with Gasteiger partial charge in [0.1, 0.15) is 5.75 Å². The molecule has 6 nitrogen and oxygen atoms in total. The van der Waals surface area contributed by atoms with Crippen molar-refractivity contribution in [3.63, 3.8) is 0 Å². The van der Waals surface area contributed by atoms with Crippen molar-refractivity contribution in [1.29, 1.82) is 0 Å². The number of nitrogens with zero attached hydrogens (tertiary/aromatic N) is 2. The molecule has 0 saturated heterocycles. The van der Waals surface area contributed by atoms with Crippen molar-refractivity contribution in [3.05, 3.63) is 28.6 Å². The van der Waals surface area contributed by atoms with E-state index in [1.807, 2.05) is 12.1 Å². The summed E-state index contributed by atoms with van der Waals surface area (Å²) in [7, 11) is 1.58. The number of carbonyl (C=O) groups is 1. The Morgan fingerprint density at radius 3 is 2.71 bits per heavy atom. The second kappa shape index (κ2) is 6.26. The molecule has 1 aromatic heterocycles. The third-order valence-electron chi connectivity index (χ3n) is 3.38. The lowest BCUT2D eigenvalue weighted by Crippen LogP contribution is -2.16. The minimum absolute atomic E-state index is 0.312. The predicted molar refractivity (Wildman–Crippen MR) is 79.2 cm³/mol. The molecule has 1 aromatic carbocycles. The quantitative estimate of drug-likeness (QED) is 0.886. The molecule has 0 aliphatic heterocycles. The van der Waals surface area contributed by atoms with Gasteiger partial charge < -0.3 is 14.4 Å². The lowest BCUT2D eigenvalue weighted by atomic mass is 9.96. The first-order valence-corrected chi connectivity index (χ1v) is 7.13. The molecule has 1 heterocycles. The van der Waals surface area contributed by atoms with Gasteiger partial charge in [-0.2, -0.15) is 4.98 Å². The molecule has 0 radical (unpaired) electrons. The third kappa shape index (κ3) is 3.24. The van der Waals surface area contributed by atoms with Crippen molar-refractivity contribution in [2.24, 2.45) is 5.92 Å². The highest BCUT2D eigenvalue weighted by Gasteiger charge is 2.26. The molecule has 21 heavy (non-hydrogen) atoms. The number of carboxylic acids is 1. The molecule has 0 bridgehead atoms.